The molecule has 6 atom stereocenters. The van der Waals surface area contributed by atoms with E-state index in [1.165, 1.54) is 11.1 Å². The summed E-state index contributed by atoms with van der Waals surface area (Å²) in [6.07, 6.45) is 6.40. The first-order valence-corrected chi connectivity index (χ1v) is 11.7. The van der Waals surface area contributed by atoms with Crippen molar-refractivity contribution in [2.75, 3.05) is 40.7 Å². The number of hydrogen-bond donors (Lipinski definition) is 0. The molecule has 0 unspecified atom stereocenters. The van der Waals surface area contributed by atoms with Crippen LogP contribution in [0.3, 0.4) is 0 Å². The molecule has 2 fully saturated rings. The van der Waals surface area contributed by atoms with Crippen LogP contribution in [-0.4, -0.2) is 75.7 Å². The number of benzene rings is 1. The van der Waals surface area contributed by atoms with Crippen LogP contribution in [0.2, 0.25) is 0 Å². The fraction of sp³-hybridized carbons (Fsp3) is 0.680. The largest absolute Gasteiger partial charge is 0.482 e. The third-order valence-electron chi connectivity index (χ3n) is 7.99. The van der Waals surface area contributed by atoms with Gasteiger partial charge in [-0.1, -0.05) is 18.2 Å². The molecule has 3 heterocycles. The first kappa shape index (κ1) is 20.9. The smallest absolute Gasteiger partial charge is 0.188 e. The molecule has 1 aromatic rings. The van der Waals surface area contributed by atoms with E-state index in [4.69, 9.17) is 28.4 Å². The minimum absolute atomic E-state index is 0.0647. The predicted octanol–water partition coefficient (Wildman–Crippen LogP) is 2.65. The van der Waals surface area contributed by atoms with Crippen LogP contribution in [-0.2, 0) is 30.8 Å². The summed E-state index contributed by atoms with van der Waals surface area (Å²) >= 11 is 0. The first-order chi connectivity index (χ1) is 15.4. The van der Waals surface area contributed by atoms with Crippen molar-refractivity contribution in [1.29, 1.82) is 0 Å². The maximum Gasteiger partial charge on any atom is 0.188 e. The van der Waals surface area contributed by atoms with E-state index in [9.17, 15) is 0 Å². The molecule has 0 amide bonds. The van der Waals surface area contributed by atoms with Crippen molar-refractivity contribution in [2.24, 2.45) is 5.92 Å². The number of methoxy groups -OCH3 is 1. The van der Waals surface area contributed by atoms with E-state index >= 15 is 0 Å². The Morgan fingerprint density at radius 3 is 2.88 bits per heavy atom. The second kappa shape index (κ2) is 7.43. The minimum atomic E-state index is -0.548. The van der Waals surface area contributed by atoms with Gasteiger partial charge in [-0.2, -0.15) is 0 Å². The van der Waals surface area contributed by atoms with Gasteiger partial charge in [0.25, 0.3) is 0 Å². The van der Waals surface area contributed by atoms with Gasteiger partial charge in [0.1, 0.15) is 18.3 Å². The molecule has 5 aliphatic rings. The topological polar surface area (TPSA) is 58.6 Å². The third-order valence-corrected chi connectivity index (χ3v) is 7.99. The highest BCUT2D eigenvalue weighted by molar-refractivity contribution is 5.62. The molecule has 2 saturated heterocycles. The molecule has 7 heteroatoms. The van der Waals surface area contributed by atoms with E-state index in [1.807, 2.05) is 19.9 Å². The molecule has 32 heavy (non-hydrogen) atoms. The molecule has 2 aliphatic carbocycles. The van der Waals surface area contributed by atoms with Gasteiger partial charge >= 0.3 is 0 Å². The van der Waals surface area contributed by atoms with Crippen molar-refractivity contribution in [3.8, 4) is 11.5 Å². The Morgan fingerprint density at radius 2 is 2.09 bits per heavy atom. The number of likely N-dealkylation sites (tertiary alicyclic amines) is 1. The van der Waals surface area contributed by atoms with Crippen LogP contribution < -0.4 is 9.47 Å². The highest BCUT2D eigenvalue weighted by atomic mass is 16.7. The van der Waals surface area contributed by atoms with E-state index in [0.717, 1.165) is 30.9 Å². The summed E-state index contributed by atoms with van der Waals surface area (Å²) in [7, 11) is 3.89. The van der Waals surface area contributed by atoms with Crippen LogP contribution in [0.15, 0.2) is 24.3 Å². The van der Waals surface area contributed by atoms with Crippen molar-refractivity contribution >= 4 is 0 Å². The Balaban J connectivity index is 1.35. The van der Waals surface area contributed by atoms with Crippen LogP contribution in [0.5, 0.6) is 11.5 Å². The summed E-state index contributed by atoms with van der Waals surface area (Å²) in [5.74, 6) is 1.50. The molecule has 0 N–H and O–H groups in total. The molecule has 0 saturated carbocycles. The van der Waals surface area contributed by atoms with Gasteiger partial charge in [0.05, 0.1) is 13.2 Å². The van der Waals surface area contributed by atoms with E-state index in [2.05, 4.69) is 30.2 Å². The van der Waals surface area contributed by atoms with Gasteiger partial charge in [0, 0.05) is 30.0 Å². The van der Waals surface area contributed by atoms with Crippen molar-refractivity contribution in [3.63, 3.8) is 0 Å². The summed E-state index contributed by atoms with van der Waals surface area (Å²) in [4.78, 5) is 2.51. The Bertz CT molecular complexity index is 931. The van der Waals surface area contributed by atoms with Gasteiger partial charge in [0.15, 0.2) is 24.1 Å². The standard InChI is InChI=1S/C25H33NO6/c1-24(2)30-13-16(32-24)12-28-20-8-6-17-18-11-15-5-7-19(29-14-27-4)22-21(15)25(17,23(20)31-22)9-10-26(18)3/h5-8,16-18,20,23H,9-14H2,1-4H3/t16-,17+,18-,20+,23+,25+/m1/s1. The monoisotopic (exact) mass is 443 g/mol. The molecule has 1 spiro atoms. The molecule has 6 rings (SSSR count). The second-order valence-electron chi connectivity index (χ2n) is 10.2. The van der Waals surface area contributed by atoms with E-state index in [-0.39, 0.29) is 30.5 Å². The molecular weight excluding hydrogens is 410 g/mol. The van der Waals surface area contributed by atoms with Crippen LogP contribution in [0.1, 0.15) is 31.4 Å². The average molecular weight is 444 g/mol. The molecule has 0 aromatic heterocycles. The molecule has 2 bridgehead atoms. The van der Waals surface area contributed by atoms with Gasteiger partial charge in [-0.3, -0.25) is 0 Å². The summed E-state index contributed by atoms with van der Waals surface area (Å²) in [5.41, 5.74) is 2.63. The lowest BCUT2D eigenvalue weighted by atomic mass is 9.53. The Morgan fingerprint density at radius 1 is 1.22 bits per heavy atom. The molecular formula is C25H33NO6. The SMILES string of the molecule is COCOc1ccc2c3c1O[C@H]1[C@@H](OC[C@@H]4COC(C)(C)O4)C=C[C@H]4[C@@H](C2)N(C)CC[C@@]341. The fourth-order valence-electron chi connectivity index (χ4n) is 6.65. The number of piperidine rings is 1. The number of nitrogens with zero attached hydrogens (tertiary/aromatic N) is 1. The van der Waals surface area contributed by atoms with E-state index in [1.54, 1.807) is 7.11 Å². The van der Waals surface area contributed by atoms with Gasteiger partial charge in [-0.15, -0.1) is 0 Å². The third kappa shape index (κ3) is 2.98. The number of ether oxygens (including phenoxy) is 6. The summed E-state index contributed by atoms with van der Waals surface area (Å²) < 4.78 is 36.0. The molecule has 0 radical (unpaired) electrons. The lowest BCUT2D eigenvalue weighted by Gasteiger charge is -2.56. The number of hydrogen-bond acceptors (Lipinski definition) is 7. The van der Waals surface area contributed by atoms with Crippen molar-refractivity contribution < 1.29 is 28.4 Å². The highest BCUT2D eigenvalue weighted by Crippen LogP contribution is 2.62. The van der Waals surface area contributed by atoms with Gasteiger partial charge in [-0.25, -0.2) is 0 Å². The summed E-state index contributed by atoms with van der Waals surface area (Å²) in [5, 5.41) is 0. The maximum absolute atomic E-state index is 6.76. The van der Waals surface area contributed by atoms with E-state index < -0.39 is 5.79 Å². The Hall–Kier alpha value is -1.64. The van der Waals surface area contributed by atoms with Crippen molar-refractivity contribution in [3.05, 3.63) is 35.4 Å². The lowest BCUT2D eigenvalue weighted by Crippen LogP contribution is -2.65. The van der Waals surface area contributed by atoms with Crippen LogP contribution in [0.4, 0.5) is 0 Å². The zero-order chi connectivity index (χ0) is 22.1. The number of likely N-dealkylation sites (N-methyl/N-ethyl adjacent to an activating group) is 1. The minimum Gasteiger partial charge on any atom is -0.482 e. The van der Waals surface area contributed by atoms with Crippen molar-refractivity contribution in [2.45, 2.75) is 62.2 Å². The molecule has 3 aliphatic heterocycles. The predicted molar refractivity (Wildman–Crippen MR) is 117 cm³/mol. The quantitative estimate of drug-likeness (QED) is 0.495. The van der Waals surface area contributed by atoms with E-state index in [0.29, 0.717) is 25.2 Å². The van der Waals surface area contributed by atoms with Crippen LogP contribution in [0.25, 0.3) is 0 Å². The Labute approximate surface area is 189 Å². The summed E-state index contributed by atoms with van der Waals surface area (Å²) in [6, 6.07) is 4.73. The normalized spacial score (nSPS) is 38.4. The maximum atomic E-state index is 6.76. The Kier molecular flexibility index (Phi) is 4.86. The van der Waals surface area contributed by atoms with Crippen LogP contribution in [0, 0.1) is 5.92 Å². The number of rotatable bonds is 6. The van der Waals surface area contributed by atoms with Crippen molar-refractivity contribution in [1.82, 2.24) is 4.90 Å². The summed E-state index contributed by atoms with van der Waals surface area (Å²) in [6.45, 7) is 6.18. The lowest BCUT2D eigenvalue weighted by molar-refractivity contribution is -0.151. The molecule has 1 aromatic carbocycles. The van der Waals surface area contributed by atoms with Gasteiger partial charge < -0.3 is 33.3 Å². The zero-order valence-corrected chi connectivity index (χ0v) is 19.3. The molecule has 174 valence electrons. The fourth-order valence-corrected chi connectivity index (χ4v) is 6.65. The highest BCUT2D eigenvalue weighted by Gasteiger charge is 2.64. The average Bonchev–Trinajstić information content (AvgIpc) is 3.31. The van der Waals surface area contributed by atoms with Crippen LogP contribution >= 0.6 is 0 Å². The van der Waals surface area contributed by atoms with Gasteiger partial charge in [0.2, 0.25) is 0 Å². The zero-order valence-electron chi connectivity index (χ0n) is 19.3. The second-order valence-corrected chi connectivity index (χ2v) is 10.2. The van der Waals surface area contributed by atoms with Gasteiger partial charge in [-0.05, 0) is 51.9 Å². The molecule has 7 nitrogen and oxygen atoms in total. The first-order valence-electron chi connectivity index (χ1n) is 11.7.